The summed E-state index contributed by atoms with van der Waals surface area (Å²) in [5.41, 5.74) is -0.804. The zero-order valence-electron chi connectivity index (χ0n) is 25.0. The molecule has 43 heavy (non-hydrogen) atoms. The molecule has 3 fully saturated rings. The van der Waals surface area contributed by atoms with Crippen LogP contribution in [0.3, 0.4) is 0 Å². The summed E-state index contributed by atoms with van der Waals surface area (Å²) in [5, 5.41) is 10.6. The van der Waals surface area contributed by atoms with Crippen LogP contribution in [0.2, 0.25) is 5.02 Å². The molecule has 8 nitrogen and oxygen atoms in total. The molecule has 2 bridgehead atoms. The normalized spacial score (nSPS) is 29.7. The molecule has 1 N–H and O–H groups in total. The molecule has 5 rings (SSSR count). The Morgan fingerprint density at radius 1 is 1.12 bits per heavy atom. The van der Waals surface area contributed by atoms with E-state index in [9.17, 15) is 19.5 Å². The van der Waals surface area contributed by atoms with Gasteiger partial charge < -0.3 is 24.5 Å². The van der Waals surface area contributed by atoms with Crippen molar-refractivity contribution in [3.05, 3.63) is 90.5 Å². The van der Waals surface area contributed by atoms with Crippen LogP contribution in [0.1, 0.15) is 32.8 Å². The third-order valence-electron chi connectivity index (χ3n) is 9.59. The van der Waals surface area contributed by atoms with Crippen LogP contribution < -0.4 is 4.90 Å². The molecule has 0 radical (unpaired) electrons. The van der Waals surface area contributed by atoms with Crippen molar-refractivity contribution in [1.82, 2.24) is 9.80 Å². The summed E-state index contributed by atoms with van der Waals surface area (Å²) in [6.45, 7) is 13.8. The summed E-state index contributed by atoms with van der Waals surface area (Å²) in [4.78, 5) is 48.4. The molecule has 2 aromatic rings. The van der Waals surface area contributed by atoms with Crippen LogP contribution in [0.4, 0.5) is 5.69 Å². The highest BCUT2D eigenvalue weighted by Crippen LogP contribution is 2.66. The van der Waals surface area contributed by atoms with E-state index in [0.717, 1.165) is 5.56 Å². The first-order chi connectivity index (χ1) is 20.5. The lowest BCUT2D eigenvalue weighted by Gasteiger charge is -2.39. The van der Waals surface area contributed by atoms with Gasteiger partial charge in [0.1, 0.15) is 11.6 Å². The highest BCUT2D eigenvalue weighted by molar-refractivity contribution is 6.34. The Balaban J connectivity index is 1.61. The first-order valence-corrected chi connectivity index (χ1v) is 15.2. The lowest BCUT2D eigenvalue weighted by molar-refractivity contribution is -0.153. The molecule has 228 valence electrons. The van der Waals surface area contributed by atoms with E-state index in [0.29, 0.717) is 30.2 Å². The number of aliphatic hydroxyl groups is 1. The van der Waals surface area contributed by atoms with Gasteiger partial charge in [-0.1, -0.05) is 73.1 Å². The molecule has 2 aromatic carbocycles. The van der Waals surface area contributed by atoms with Crippen molar-refractivity contribution >= 4 is 35.0 Å². The van der Waals surface area contributed by atoms with Crippen molar-refractivity contribution < 1.29 is 24.2 Å². The molecule has 0 aliphatic carbocycles. The molecule has 3 unspecified atom stereocenters. The van der Waals surface area contributed by atoms with Gasteiger partial charge in [0.25, 0.3) is 5.91 Å². The number of benzene rings is 2. The number of carbonyl (C=O) groups is 3. The summed E-state index contributed by atoms with van der Waals surface area (Å²) in [6, 6.07) is 14.9. The second kappa shape index (κ2) is 11.9. The predicted octanol–water partition coefficient (Wildman–Crippen LogP) is 4.47. The minimum Gasteiger partial charge on any atom is -0.394 e. The third kappa shape index (κ3) is 4.89. The first kappa shape index (κ1) is 31.0. The Bertz CT molecular complexity index is 1420. The zero-order valence-corrected chi connectivity index (χ0v) is 25.7. The van der Waals surface area contributed by atoms with Crippen LogP contribution in [0.15, 0.2) is 79.9 Å². The van der Waals surface area contributed by atoms with Gasteiger partial charge >= 0.3 is 0 Å². The lowest BCUT2D eigenvalue weighted by atomic mass is 9.62. The molecule has 3 saturated heterocycles. The monoisotopic (exact) mass is 605 g/mol. The van der Waals surface area contributed by atoms with Crippen LogP contribution in [0.5, 0.6) is 0 Å². The average Bonchev–Trinajstić information content (AvgIpc) is 3.52. The number of hydrogen-bond donors (Lipinski definition) is 1. The van der Waals surface area contributed by atoms with Crippen molar-refractivity contribution in [3.8, 4) is 0 Å². The van der Waals surface area contributed by atoms with Crippen molar-refractivity contribution in [2.75, 3.05) is 24.6 Å². The van der Waals surface area contributed by atoms with E-state index in [1.165, 1.54) is 9.80 Å². The second-order valence-corrected chi connectivity index (χ2v) is 12.6. The smallest absolute Gasteiger partial charge is 0.253 e. The first-order valence-electron chi connectivity index (χ1n) is 14.8. The number of ether oxygens (including phenoxy) is 1. The number of aliphatic hydroxyl groups excluding tert-OH is 1. The molecular formula is C34H40ClN3O5. The number of halogens is 1. The van der Waals surface area contributed by atoms with Crippen molar-refractivity contribution in [3.63, 3.8) is 0 Å². The van der Waals surface area contributed by atoms with Gasteiger partial charge in [-0.3, -0.25) is 14.4 Å². The number of carbonyl (C=O) groups excluding carboxylic acids is 3. The fourth-order valence-electron chi connectivity index (χ4n) is 7.54. The highest BCUT2D eigenvalue weighted by atomic mass is 35.5. The SMILES string of the molecule is C=CCN(Cc1ccccc1)C(=O)[C@H]1[C@H]2C(=O)N([C@H](C)CO)C(C(=O)N(CC=C)c3ccccc3Cl)C23CC(C)[C@]1(C)O3. The number of nitrogens with zero attached hydrogens (tertiary/aromatic N) is 3. The Labute approximate surface area is 258 Å². The Kier molecular flexibility index (Phi) is 8.58. The summed E-state index contributed by atoms with van der Waals surface area (Å²) in [7, 11) is 0. The van der Waals surface area contributed by atoms with Crippen LogP contribution in [-0.4, -0.2) is 75.6 Å². The van der Waals surface area contributed by atoms with E-state index in [-0.39, 0.29) is 36.8 Å². The summed E-state index contributed by atoms with van der Waals surface area (Å²) >= 11 is 6.55. The second-order valence-electron chi connectivity index (χ2n) is 12.2. The molecule has 3 aliphatic heterocycles. The summed E-state index contributed by atoms with van der Waals surface area (Å²) in [5.74, 6) is -2.81. The fraction of sp³-hybridized carbons (Fsp3) is 0.441. The number of fused-ring (bicyclic) bond motifs is 1. The Morgan fingerprint density at radius 3 is 2.40 bits per heavy atom. The maximum atomic E-state index is 14.7. The van der Waals surface area contributed by atoms with Crippen LogP contribution in [0.25, 0.3) is 0 Å². The summed E-state index contributed by atoms with van der Waals surface area (Å²) < 4.78 is 6.90. The minimum absolute atomic E-state index is 0.124. The maximum Gasteiger partial charge on any atom is 0.253 e. The molecule has 0 saturated carbocycles. The number of para-hydroxylation sites is 1. The molecule has 3 amide bonds. The van der Waals surface area contributed by atoms with Gasteiger partial charge in [-0.2, -0.15) is 0 Å². The molecule has 7 atom stereocenters. The number of hydrogen-bond acceptors (Lipinski definition) is 5. The van der Waals surface area contributed by atoms with Gasteiger partial charge in [0.05, 0.1) is 40.8 Å². The van der Waals surface area contributed by atoms with Crippen LogP contribution in [0, 0.1) is 17.8 Å². The van der Waals surface area contributed by atoms with Gasteiger partial charge in [0.15, 0.2) is 0 Å². The van der Waals surface area contributed by atoms with E-state index in [1.807, 2.05) is 44.2 Å². The number of rotatable bonds is 11. The van der Waals surface area contributed by atoms with Crippen molar-refractivity contribution in [2.45, 2.75) is 57.0 Å². The van der Waals surface area contributed by atoms with E-state index in [2.05, 4.69) is 13.2 Å². The predicted molar refractivity (Wildman–Crippen MR) is 166 cm³/mol. The van der Waals surface area contributed by atoms with Crippen LogP contribution >= 0.6 is 11.6 Å². The standard InChI is InChI=1S/C34H40ClN3O5/c1-6-17-36(20-24-13-9-8-10-14-24)30(40)27-28-31(41)38(23(4)21-39)29(34(28)19-22(3)33(27,5)43-34)32(42)37(18-7-2)26-16-12-11-15-25(26)35/h6-16,22-23,27-29,39H,1-2,17-21H2,3-5H3/t22?,23-,27-,28+,29?,33+,34?/m1/s1. The van der Waals surface area contributed by atoms with E-state index in [1.54, 1.807) is 48.2 Å². The molecular weight excluding hydrogens is 566 g/mol. The molecule has 3 heterocycles. The molecule has 1 spiro atoms. The number of likely N-dealkylation sites (tertiary alicyclic amines) is 1. The topological polar surface area (TPSA) is 90.4 Å². The maximum absolute atomic E-state index is 14.7. The van der Waals surface area contributed by atoms with Gasteiger partial charge in [-0.05, 0) is 43.9 Å². The average molecular weight is 606 g/mol. The van der Waals surface area contributed by atoms with E-state index < -0.39 is 35.1 Å². The molecule has 0 aromatic heterocycles. The van der Waals surface area contributed by atoms with E-state index >= 15 is 0 Å². The lowest BCUT2D eigenvalue weighted by Crippen LogP contribution is -2.58. The minimum atomic E-state index is -1.26. The van der Waals surface area contributed by atoms with Crippen LogP contribution in [-0.2, 0) is 25.7 Å². The van der Waals surface area contributed by atoms with Gasteiger partial charge in [-0.25, -0.2) is 0 Å². The van der Waals surface area contributed by atoms with E-state index in [4.69, 9.17) is 16.3 Å². The molecule has 9 heteroatoms. The van der Waals surface area contributed by atoms with Gasteiger partial charge in [0, 0.05) is 19.6 Å². The highest BCUT2D eigenvalue weighted by Gasteiger charge is 2.80. The molecule has 3 aliphatic rings. The number of anilines is 1. The van der Waals surface area contributed by atoms with Gasteiger partial charge in [0.2, 0.25) is 11.8 Å². The fourth-order valence-corrected chi connectivity index (χ4v) is 7.78. The van der Waals surface area contributed by atoms with Crippen molar-refractivity contribution in [2.24, 2.45) is 17.8 Å². The quantitative estimate of drug-likeness (QED) is 0.382. The van der Waals surface area contributed by atoms with Gasteiger partial charge in [-0.15, -0.1) is 13.2 Å². The Morgan fingerprint density at radius 2 is 1.77 bits per heavy atom. The Hall–Kier alpha value is -3.46. The third-order valence-corrected chi connectivity index (χ3v) is 9.91. The number of amides is 3. The summed E-state index contributed by atoms with van der Waals surface area (Å²) in [6.07, 6.45) is 3.70. The zero-order chi connectivity index (χ0) is 31.1. The van der Waals surface area contributed by atoms with Crippen molar-refractivity contribution in [1.29, 1.82) is 0 Å². The largest absolute Gasteiger partial charge is 0.394 e.